The topological polar surface area (TPSA) is 64.3 Å². The maximum absolute atomic E-state index is 11.0. The largest absolute Gasteiger partial charge is 0.495 e. The number of rotatable bonds is 5. The number of carbonyl (C=O) groups excluding carboxylic acids is 1. The fourth-order valence-corrected chi connectivity index (χ4v) is 1.77. The summed E-state index contributed by atoms with van der Waals surface area (Å²) in [7, 11) is 1.64. The molecule has 0 bridgehead atoms. The molecule has 0 unspecified atom stereocenters. The summed E-state index contributed by atoms with van der Waals surface area (Å²) in [6.07, 6.45) is 0. The van der Waals surface area contributed by atoms with Gasteiger partial charge in [0.05, 0.1) is 12.8 Å². The monoisotopic (exact) mass is 256 g/mol. The number of hydrogen-bond acceptors (Lipinski definition) is 3. The predicted molar refractivity (Wildman–Crippen MR) is 75.3 cm³/mol. The van der Waals surface area contributed by atoms with Crippen LogP contribution >= 0.6 is 0 Å². The lowest BCUT2D eigenvalue weighted by molar-refractivity contribution is 0.100. The third kappa shape index (κ3) is 3.25. The van der Waals surface area contributed by atoms with E-state index >= 15 is 0 Å². The number of amides is 1. The van der Waals surface area contributed by atoms with Gasteiger partial charge < -0.3 is 15.8 Å². The summed E-state index contributed by atoms with van der Waals surface area (Å²) >= 11 is 0. The summed E-state index contributed by atoms with van der Waals surface area (Å²) in [4.78, 5) is 11.0. The molecule has 19 heavy (non-hydrogen) atoms. The molecule has 3 N–H and O–H groups in total. The minimum absolute atomic E-state index is 0.413. The fourth-order valence-electron chi connectivity index (χ4n) is 1.77. The van der Waals surface area contributed by atoms with Gasteiger partial charge in [0.2, 0.25) is 5.91 Å². The molecule has 0 radical (unpaired) electrons. The quantitative estimate of drug-likeness (QED) is 0.863. The molecule has 4 nitrogen and oxygen atoms in total. The Kier molecular flexibility index (Phi) is 4.03. The second kappa shape index (κ2) is 5.91. The van der Waals surface area contributed by atoms with Crippen LogP contribution in [-0.4, -0.2) is 13.0 Å². The molecule has 0 aromatic heterocycles. The van der Waals surface area contributed by atoms with E-state index in [0.29, 0.717) is 12.1 Å². The van der Waals surface area contributed by atoms with E-state index in [1.165, 1.54) is 0 Å². The van der Waals surface area contributed by atoms with Crippen molar-refractivity contribution in [2.75, 3.05) is 12.4 Å². The van der Waals surface area contributed by atoms with Crippen molar-refractivity contribution < 1.29 is 9.53 Å². The van der Waals surface area contributed by atoms with Gasteiger partial charge in [0.1, 0.15) is 5.75 Å². The molecule has 2 rings (SSSR count). The zero-order valence-electron chi connectivity index (χ0n) is 10.7. The summed E-state index contributed by atoms with van der Waals surface area (Å²) in [5, 5.41) is 3.29. The number of primary amides is 1. The van der Waals surface area contributed by atoms with Crippen LogP contribution in [-0.2, 0) is 6.54 Å². The predicted octanol–water partition coefficient (Wildman–Crippen LogP) is 2.41. The van der Waals surface area contributed by atoms with Crippen molar-refractivity contribution >= 4 is 11.6 Å². The van der Waals surface area contributed by atoms with Gasteiger partial charge >= 0.3 is 0 Å². The number of nitrogens with one attached hydrogen (secondary N) is 1. The van der Waals surface area contributed by atoms with Gasteiger partial charge in [0, 0.05) is 12.1 Å². The first kappa shape index (κ1) is 13.0. The molecule has 2 aromatic carbocycles. The molecule has 0 heterocycles. The van der Waals surface area contributed by atoms with E-state index in [0.717, 1.165) is 17.0 Å². The Hall–Kier alpha value is -2.49. The van der Waals surface area contributed by atoms with Crippen molar-refractivity contribution in [2.45, 2.75) is 6.54 Å². The Labute approximate surface area is 112 Å². The van der Waals surface area contributed by atoms with Crippen molar-refractivity contribution in [3.63, 3.8) is 0 Å². The molecule has 0 saturated heterocycles. The van der Waals surface area contributed by atoms with Gasteiger partial charge in [-0.15, -0.1) is 0 Å². The average Bonchev–Trinajstić information content (AvgIpc) is 2.45. The number of ether oxygens (including phenoxy) is 1. The highest BCUT2D eigenvalue weighted by atomic mass is 16.5. The third-order valence-electron chi connectivity index (χ3n) is 2.83. The number of benzene rings is 2. The standard InChI is InChI=1S/C15H16N2O2/c1-19-14-5-3-2-4-13(14)17-10-11-6-8-12(9-7-11)15(16)18/h2-9,17H,10H2,1H3,(H2,16,18). The van der Waals surface area contributed by atoms with Gasteiger partial charge in [-0.3, -0.25) is 4.79 Å². The zero-order valence-corrected chi connectivity index (χ0v) is 10.7. The Balaban J connectivity index is 2.04. The molecular formula is C15H16N2O2. The van der Waals surface area contributed by atoms with Gasteiger partial charge in [0.15, 0.2) is 0 Å². The van der Waals surface area contributed by atoms with Crippen molar-refractivity contribution in [1.29, 1.82) is 0 Å². The van der Waals surface area contributed by atoms with Crippen LogP contribution in [0.15, 0.2) is 48.5 Å². The molecule has 1 amide bonds. The number of nitrogens with two attached hydrogens (primary N) is 1. The number of hydrogen-bond donors (Lipinski definition) is 2. The van der Waals surface area contributed by atoms with Gasteiger partial charge in [0.25, 0.3) is 0 Å². The molecule has 2 aromatic rings. The molecule has 0 atom stereocenters. The minimum Gasteiger partial charge on any atom is -0.495 e. The maximum atomic E-state index is 11.0. The molecule has 0 aliphatic rings. The molecule has 0 fully saturated rings. The lowest BCUT2D eigenvalue weighted by Crippen LogP contribution is -2.10. The smallest absolute Gasteiger partial charge is 0.248 e. The Morgan fingerprint density at radius 1 is 1.16 bits per heavy atom. The fraction of sp³-hybridized carbons (Fsp3) is 0.133. The molecule has 0 saturated carbocycles. The first-order chi connectivity index (χ1) is 9.20. The van der Waals surface area contributed by atoms with Crippen molar-refractivity contribution in [2.24, 2.45) is 5.73 Å². The summed E-state index contributed by atoms with van der Waals surface area (Å²) in [5.41, 5.74) is 7.71. The van der Waals surface area contributed by atoms with Crippen LogP contribution in [0.25, 0.3) is 0 Å². The van der Waals surface area contributed by atoms with Crippen LogP contribution < -0.4 is 15.8 Å². The molecule has 0 spiro atoms. The van der Waals surface area contributed by atoms with Crippen LogP contribution in [0.1, 0.15) is 15.9 Å². The Morgan fingerprint density at radius 3 is 2.47 bits per heavy atom. The summed E-state index contributed by atoms with van der Waals surface area (Å²) in [6.45, 7) is 0.652. The third-order valence-corrected chi connectivity index (χ3v) is 2.83. The van der Waals surface area contributed by atoms with E-state index in [9.17, 15) is 4.79 Å². The van der Waals surface area contributed by atoms with E-state index in [1.807, 2.05) is 36.4 Å². The first-order valence-corrected chi connectivity index (χ1v) is 5.96. The first-order valence-electron chi connectivity index (χ1n) is 5.96. The van der Waals surface area contributed by atoms with E-state index in [4.69, 9.17) is 10.5 Å². The lowest BCUT2D eigenvalue weighted by atomic mass is 10.1. The number of carbonyl (C=O) groups is 1. The Morgan fingerprint density at radius 2 is 1.84 bits per heavy atom. The van der Waals surface area contributed by atoms with E-state index in [-0.39, 0.29) is 0 Å². The highest BCUT2D eigenvalue weighted by Crippen LogP contribution is 2.23. The van der Waals surface area contributed by atoms with Crippen LogP contribution in [0, 0.1) is 0 Å². The van der Waals surface area contributed by atoms with Gasteiger partial charge in [-0.25, -0.2) is 0 Å². The molecule has 0 aliphatic heterocycles. The molecule has 98 valence electrons. The van der Waals surface area contributed by atoms with Gasteiger partial charge in [-0.2, -0.15) is 0 Å². The molecule has 0 aliphatic carbocycles. The summed E-state index contributed by atoms with van der Waals surface area (Å²) in [5.74, 6) is 0.389. The van der Waals surface area contributed by atoms with Crippen molar-refractivity contribution in [1.82, 2.24) is 0 Å². The van der Waals surface area contributed by atoms with E-state index in [1.54, 1.807) is 19.2 Å². The molecule has 4 heteroatoms. The molecular weight excluding hydrogens is 240 g/mol. The van der Waals surface area contributed by atoms with Crippen LogP contribution in [0.4, 0.5) is 5.69 Å². The van der Waals surface area contributed by atoms with Crippen molar-refractivity contribution in [3.8, 4) is 5.75 Å². The zero-order chi connectivity index (χ0) is 13.7. The second-order valence-corrected chi connectivity index (χ2v) is 4.12. The lowest BCUT2D eigenvalue weighted by Gasteiger charge is -2.11. The normalized spacial score (nSPS) is 9.95. The number of methoxy groups -OCH3 is 1. The van der Waals surface area contributed by atoms with E-state index in [2.05, 4.69) is 5.32 Å². The SMILES string of the molecule is COc1ccccc1NCc1ccc(C(N)=O)cc1. The maximum Gasteiger partial charge on any atom is 0.248 e. The average molecular weight is 256 g/mol. The highest BCUT2D eigenvalue weighted by Gasteiger charge is 2.02. The number of anilines is 1. The number of para-hydroxylation sites is 2. The van der Waals surface area contributed by atoms with Crippen molar-refractivity contribution in [3.05, 3.63) is 59.7 Å². The van der Waals surface area contributed by atoms with Gasteiger partial charge in [-0.05, 0) is 29.8 Å². The summed E-state index contributed by atoms with van der Waals surface area (Å²) < 4.78 is 5.26. The van der Waals surface area contributed by atoms with Crippen LogP contribution in [0.2, 0.25) is 0 Å². The van der Waals surface area contributed by atoms with Gasteiger partial charge in [-0.1, -0.05) is 24.3 Å². The van der Waals surface area contributed by atoms with Crippen LogP contribution in [0.3, 0.4) is 0 Å². The summed E-state index contributed by atoms with van der Waals surface area (Å²) in [6, 6.07) is 14.9. The van der Waals surface area contributed by atoms with Crippen LogP contribution in [0.5, 0.6) is 5.75 Å². The Bertz CT molecular complexity index is 565. The van der Waals surface area contributed by atoms with E-state index < -0.39 is 5.91 Å². The second-order valence-electron chi connectivity index (χ2n) is 4.12. The minimum atomic E-state index is -0.413. The highest BCUT2D eigenvalue weighted by molar-refractivity contribution is 5.92.